The highest BCUT2D eigenvalue weighted by molar-refractivity contribution is 5.12. The lowest BCUT2D eigenvalue weighted by Gasteiger charge is -2.25. The minimum atomic E-state index is 0.180. The molecule has 0 aliphatic carbocycles. The van der Waals surface area contributed by atoms with Gasteiger partial charge < -0.3 is 5.73 Å². The van der Waals surface area contributed by atoms with E-state index in [0.29, 0.717) is 6.54 Å². The fraction of sp³-hybridized carbons (Fsp3) is 0.500. The fourth-order valence-corrected chi connectivity index (χ4v) is 2.13. The molecule has 98 valence electrons. The first kappa shape index (κ1) is 12.8. The highest BCUT2D eigenvalue weighted by atomic mass is 15.3. The minimum Gasteiger partial charge on any atom is -0.329 e. The Morgan fingerprint density at radius 1 is 1.22 bits per heavy atom. The van der Waals surface area contributed by atoms with Crippen molar-refractivity contribution in [2.24, 2.45) is 19.8 Å². The molecule has 0 radical (unpaired) electrons. The van der Waals surface area contributed by atoms with E-state index in [9.17, 15) is 0 Å². The van der Waals surface area contributed by atoms with Crippen molar-refractivity contribution in [3.8, 4) is 0 Å². The SMILES string of the molecule is CN(Cc1cnn(C)c1)C(CN)c1cnn(C)c1. The van der Waals surface area contributed by atoms with Crippen LogP contribution < -0.4 is 5.73 Å². The summed E-state index contributed by atoms with van der Waals surface area (Å²) in [6, 6.07) is 0.180. The van der Waals surface area contributed by atoms with E-state index in [0.717, 1.165) is 12.1 Å². The molecular formula is C12H20N6. The van der Waals surface area contributed by atoms with Gasteiger partial charge in [0.25, 0.3) is 0 Å². The number of hydrogen-bond acceptors (Lipinski definition) is 4. The van der Waals surface area contributed by atoms with Crippen molar-refractivity contribution in [2.45, 2.75) is 12.6 Å². The fourth-order valence-electron chi connectivity index (χ4n) is 2.13. The molecule has 6 heteroatoms. The normalized spacial score (nSPS) is 13.2. The molecule has 0 aromatic carbocycles. The zero-order chi connectivity index (χ0) is 13.1. The van der Waals surface area contributed by atoms with Crippen molar-refractivity contribution in [3.63, 3.8) is 0 Å². The molecule has 1 unspecified atom stereocenters. The average Bonchev–Trinajstić information content (AvgIpc) is 2.89. The molecule has 2 aromatic heterocycles. The second-order valence-electron chi connectivity index (χ2n) is 4.64. The lowest BCUT2D eigenvalue weighted by atomic mass is 10.1. The van der Waals surface area contributed by atoms with Crippen molar-refractivity contribution in [2.75, 3.05) is 13.6 Å². The molecule has 0 amide bonds. The third-order valence-corrected chi connectivity index (χ3v) is 3.06. The highest BCUT2D eigenvalue weighted by Crippen LogP contribution is 2.19. The van der Waals surface area contributed by atoms with Gasteiger partial charge in [0.05, 0.1) is 18.4 Å². The average molecular weight is 248 g/mol. The van der Waals surface area contributed by atoms with Gasteiger partial charge in [-0.2, -0.15) is 10.2 Å². The summed E-state index contributed by atoms with van der Waals surface area (Å²) in [5.41, 5.74) is 8.20. The van der Waals surface area contributed by atoms with Gasteiger partial charge in [-0.15, -0.1) is 0 Å². The molecule has 0 saturated carbocycles. The molecule has 2 N–H and O–H groups in total. The second kappa shape index (κ2) is 5.32. The number of aromatic nitrogens is 4. The van der Waals surface area contributed by atoms with Crippen molar-refractivity contribution in [1.29, 1.82) is 0 Å². The minimum absolute atomic E-state index is 0.180. The van der Waals surface area contributed by atoms with E-state index in [1.165, 1.54) is 5.56 Å². The Morgan fingerprint density at radius 2 is 1.89 bits per heavy atom. The van der Waals surface area contributed by atoms with Crippen LogP contribution in [0.5, 0.6) is 0 Å². The van der Waals surface area contributed by atoms with Crippen LogP contribution in [0.15, 0.2) is 24.8 Å². The first-order chi connectivity index (χ1) is 8.60. The summed E-state index contributed by atoms with van der Waals surface area (Å²) in [5.74, 6) is 0. The van der Waals surface area contributed by atoms with Crippen LogP contribution in [-0.4, -0.2) is 38.1 Å². The van der Waals surface area contributed by atoms with Crippen LogP contribution in [0, 0.1) is 0 Å². The predicted octanol–water partition coefficient (Wildman–Crippen LogP) is 0.285. The van der Waals surface area contributed by atoms with E-state index in [1.54, 1.807) is 4.68 Å². The van der Waals surface area contributed by atoms with Gasteiger partial charge in [0.2, 0.25) is 0 Å². The smallest absolute Gasteiger partial charge is 0.0538 e. The Balaban J connectivity index is 2.08. The summed E-state index contributed by atoms with van der Waals surface area (Å²) in [7, 11) is 5.90. The van der Waals surface area contributed by atoms with Crippen LogP contribution in [0.1, 0.15) is 17.2 Å². The largest absolute Gasteiger partial charge is 0.329 e. The van der Waals surface area contributed by atoms with E-state index in [1.807, 2.05) is 43.6 Å². The van der Waals surface area contributed by atoms with Crippen molar-refractivity contribution < 1.29 is 0 Å². The summed E-state index contributed by atoms with van der Waals surface area (Å²) < 4.78 is 3.61. The molecule has 0 bridgehead atoms. The molecular weight excluding hydrogens is 228 g/mol. The number of nitrogens with two attached hydrogens (primary N) is 1. The molecule has 2 aromatic rings. The molecule has 18 heavy (non-hydrogen) atoms. The molecule has 6 nitrogen and oxygen atoms in total. The Hall–Kier alpha value is -1.66. The van der Waals surface area contributed by atoms with Crippen LogP contribution in [0.3, 0.4) is 0 Å². The van der Waals surface area contributed by atoms with Crippen LogP contribution >= 0.6 is 0 Å². The summed E-state index contributed by atoms with van der Waals surface area (Å²) in [6.07, 6.45) is 7.79. The molecule has 2 rings (SSSR count). The van der Waals surface area contributed by atoms with Gasteiger partial charge in [-0.1, -0.05) is 0 Å². The molecule has 1 atom stereocenters. The predicted molar refractivity (Wildman–Crippen MR) is 69.7 cm³/mol. The molecule has 0 spiro atoms. The van der Waals surface area contributed by atoms with Gasteiger partial charge in [-0.25, -0.2) is 0 Å². The number of aryl methyl sites for hydroxylation is 2. The summed E-state index contributed by atoms with van der Waals surface area (Å²) >= 11 is 0. The van der Waals surface area contributed by atoms with E-state index in [-0.39, 0.29) is 6.04 Å². The van der Waals surface area contributed by atoms with Crippen LogP contribution in [0.25, 0.3) is 0 Å². The summed E-state index contributed by atoms with van der Waals surface area (Å²) in [4.78, 5) is 2.22. The molecule has 0 aliphatic heterocycles. The number of nitrogens with zero attached hydrogens (tertiary/aromatic N) is 5. The standard InChI is InChI=1S/C12H20N6/c1-16(7-10-5-14-17(2)8-10)12(4-13)11-6-15-18(3)9-11/h5-6,8-9,12H,4,7,13H2,1-3H3. The van der Waals surface area contributed by atoms with Crippen LogP contribution in [0.4, 0.5) is 0 Å². The maximum absolute atomic E-state index is 5.87. The quantitative estimate of drug-likeness (QED) is 0.825. The van der Waals surface area contributed by atoms with Crippen molar-refractivity contribution in [1.82, 2.24) is 24.5 Å². The second-order valence-corrected chi connectivity index (χ2v) is 4.64. The number of hydrogen-bond donors (Lipinski definition) is 1. The third kappa shape index (κ3) is 2.77. The van der Waals surface area contributed by atoms with Crippen LogP contribution in [-0.2, 0) is 20.6 Å². The third-order valence-electron chi connectivity index (χ3n) is 3.06. The van der Waals surface area contributed by atoms with Gasteiger partial charge in [0, 0.05) is 50.7 Å². The van der Waals surface area contributed by atoms with Crippen molar-refractivity contribution >= 4 is 0 Å². The lowest BCUT2D eigenvalue weighted by Crippen LogP contribution is -2.29. The topological polar surface area (TPSA) is 64.9 Å². The Bertz CT molecular complexity index is 500. The molecule has 0 aliphatic rings. The number of rotatable bonds is 5. The monoisotopic (exact) mass is 248 g/mol. The zero-order valence-electron chi connectivity index (χ0n) is 11.1. The van der Waals surface area contributed by atoms with E-state index >= 15 is 0 Å². The van der Waals surface area contributed by atoms with Gasteiger partial charge in [0.15, 0.2) is 0 Å². The van der Waals surface area contributed by atoms with Gasteiger partial charge >= 0.3 is 0 Å². The zero-order valence-corrected chi connectivity index (χ0v) is 11.1. The van der Waals surface area contributed by atoms with E-state index in [4.69, 9.17) is 5.73 Å². The van der Waals surface area contributed by atoms with Gasteiger partial charge in [-0.3, -0.25) is 14.3 Å². The van der Waals surface area contributed by atoms with Crippen LogP contribution in [0.2, 0.25) is 0 Å². The Morgan fingerprint density at radius 3 is 2.39 bits per heavy atom. The first-order valence-corrected chi connectivity index (χ1v) is 5.96. The van der Waals surface area contributed by atoms with Gasteiger partial charge in [-0.05, 0) is 7.05 Å². The molecule has 0 fully saturated rings. The van der Waals surface area contributed by atoms with E-state index in [2.05, 4.69) is 22.1 Å². The lowest BCUT2D eigenvalue weighted by molar-refractivity contribution is 0.241. The number of likely N-dealkylation sites (N-methyl/N-ethyl adjacent to an activating group) is 1. The van der Waals surface area contributed by atoms with E-state index < -0.39 is 0 Å². The summed E-state index contributed by atoms with van der Waals surface area (Å²) in [5, 5.41) is 8.37. The summed E-state index contributed by atoms with van der Waals surface area (Å²) in [6.45, 7) is 1.40. The molecule has 2 heterocycles. The maximum Gasteiger partial charge on any atom is 0.0538 e. The Kier molecular flexibility index (Phi) is 3.78. The van der Waals surface area contributed by atoms with Gasteiger partial charge in [0.1, 0.15) is 0 Å². The first-order valence-electron chi connectivity index (χ1n) is 5.96. The highest BCUT2D eigenvalue weighted by Gasteiger charge is 2.17. The molecule has 0 saturated heterocycles. The Labute approximate surface area is 107 Å². The maximum atomic E-state index is 5.87. The van der Waals surface area contributed by atoms with Crippen molar-refractivity contribution in [3.05, 3.63) is 35.9 Å².